The van der Waals surface area contributed by atoms with Gasteiger partial charge in [-0.15, -0.1) is 0 Å². The van der Waals surface area contributed by atoms with Crippen LogP contribution in [0.1, 0.15) is 56.3 Å². The molecule has 0 radical (unpaired) electrons. The van der Waals surface area contributed by atoms with E-state index in [4.69, 9.17) is 9.47 Å². The molecule has 1 aliphatic rings. The lowest BCUT2D eigenvalue weighted by Crippen LogP contribution is -2.42. The summed E-state index contributed by atoms with van der Waals surface area (Å²) in [5.41, 5.74) is 0.266. The monoisotopic (exact) mass is 358 g/mol. The average molecular weight is 358 g/mol. The first-order valence-corrected chi connectivity index (χ1v) is 9.24. The minimum atomic E-state index is -1.36. The SMILES string of the molecule is CCOc1ccc(C(=O)C(C#N)C(=O)NC2CCCCC2)cc1OCC. The molecule has 6 heteroatoms. The number of carbonyl (C=O) groups is 2. The van der Waals surface area contributed by atoms with E-state index in [9.17, 15) is 14.9 Å². The summed E-state index contributed by atoms with van der Waals surface area (Å²) >= 11 is 0. The Bertz CT molecular complexity index is 675. The standard InChI is InChI=1S/C20H26N2O4/c1-3-25-17-11-10-14(12-18(17)26-4-2)19(23)16(13-21)20(24)22-15-8-6-5-7-9-15/h10-12,15-16H,3-9H2,1-2H3,(H,22,24). The van der Waals surface area contributed by atoms with Gasteiger partial charge in [0.25, 0.3) is 0 Å². The van der Waals surface area contributed by atoms with E-state index in [1.54, 1.807) is 12.1 Å². The minimum Gasteiger partial charge on any atom is -0.490 e. The van der Waals surface area contributed by atoms with Crippen LogP contribution in [0.25, 0.3) is 0 Å². The summed E-state index contributed by atoms with van der Waals surface area (Å²) in [5, 5.41) is 12.2. The van der Waals surface area contributed by atoms with Crippen molar-refractivity contribution in [2.24, 2.45) is 5.92 Å². The molecule has 6 nitrogen and oxygen atoms in total. The van der Waals surface area contributed by atoms with Crippen LogP contribution in [0.2, 0.25) is 0 Å². The second kappa shape index (κ2) is 9.81. The molecular weight excluding hydrogens is 332 g/mol. The zero-order valence-electron chi connectivity index (χ0n) is 15.4. The van der Waals surface area contributed by atoms with Gasteiger partial charge in [-0.1, -0.05) is 19.3 Å². The first-order valence-electron chi connectivity index (χ1n) is 9.24. The number of hydrogen-bond donors (Lipinski definition) is 1. The average Bonchev–Trinajstić information content (AvgIpc) is 2.65. The van der Waals surface area contributed by atoms with E-state index in [-0.39, 0.29) is 11.6 Å². The van der Waals surface area contributed by atoms with E-state index in [0.29, 0.717) is 24.7 Å². The quantitative estimate of drug-likeness (QED) is 0.569. The number of ketones is 1. The Morgan fingerprint density at radius 2 is 1.81 bits per heavy atom. The number of ether oxygens (including phenoxy) is 2. The van der Waals surface area contributed by atoms with Gasteiger partial charge in [0.15, 0.2) is 23.2 Å². The summed E-state index contributed by atoms with van der Waals surface area (Å²) in [6, 6.07) is 6.64. The predicted molar refractivity (Wildman–Crippen MR) is 97.2 cm³/mol. The van der Waals surface area contributed by atoms with Gasteiger partial charge in [-0.25, -0.2) is 0 Å². The molecule has 1 fully saturated rings. The molecule has 0 spiro atoms. The molecule has 1 aromatic rings. The molecule has 1 amide bonds. The van der Waals surface area contributed by atoms with Gasteiger partial charge < -0.3 is 14.8 Å². The van der Waals surface area contributed by atoms with Crippen LogP contribution in [0, 0.1) is 17.2 Å². The Labute approximate surface area is 154 Å². The highest BCUT2D eigenvalue weighted by Crippen LogP contribution is 2.29. The highest BCUT2D eigenvalue weighted by atomic mass is 16.5. The summed E-state index contributed by atoms with van der Waals surface area (Å²) in [6.07, 6.45) is 5.09. The van der Waals surface area contributed by atoms with Gasteiger partial charge in [0, 0.05) is 11.6 Å². The molecule has 1 atom stereocenters. The van der Waals surface area contributed by atoms with Crippen molar-refractivity contribution in [1.29, 1.82) is 5.26 Å². The second-order valence-electron chi connectivity index (χ2n) is 6.30. The van der Waals surface area contributed by atoms with Crippen molar-refractivity contribution in [2.75, 3.05) is 13.2 Å². The van der Waals surface area contributed by atoms with Crippen LogP contribution in [0.3, 0.4) is 0 Å². The Morgan fingerprint density at radius 3 is 2.42 bits per heavy atom. The molecule has 140 valence electrons. The molecule has 0 aromatic heterocycles. The Kier molecular flexibility index (Phi) is 7.46. The van der Waals surface area contributed by atoms with Crippen molar-refractivity contribution < 1.29 is 19.1 Å². The van der Waals surface area contributed by atoms with Crippen LogP contribution >= 0.6 is 0 Å². The number of nitrogens with zero attached hydrogens (tertiary/aromatic N) is 1. The highest BCUT2D eigenvalue weighted by Gasteiger charge is 2.30. The lowest BCUT2D eigenvalue weighted by Gasteiger charge is -2.23. The third-order valence-electron chi connectivity index (χ3n) is 4.43. The van der Waals surface area contributed by atoms with Crippen molar-refractivity contribution in [1.82, 2.24) is 5.32 Å². The Balaban J connectivity index is 2.14. The third kappa shape index (κ3) is 4.98. The van der Waals surface area contributed by atoms with Gasteiger partial charge in [-0.3, -0.25) is 9.59 Å². The van der Waals surface area contributed by atoms with Crippen molar-refractivity contribution >= 4 is 11.7 Å². The number of carbonyl (C=O) groups excluding carboxylic acids is 2. The molecule has 0 heterocycles. The number of Topliss-reactive ketones (excluding diaryl/α,β-unsaturated/α-hetero) is 1. The maximum absolute atomic E-state index is 12.7. The number of benzene rings is 1. The Hall–Kier alpha value is -2.55. The van der Waals surface area contributed by atoms with E-state index >= 15 is 0 Å². The van der Waals surface area contributed by atoms with Gasteiger partial charge in [0.05, 0.1) is 19.3 Å². The Morgan fingerprint density at radius 1 is 1.15 bits per heavy atom. The molecule has 1 N–H and O–H groups in total. The smallest absolute Gasteiger partial charge is 0.245 e. The van der Waals surface area contributed by atoms with Crippen LogP contribution < -0.4 is 14.8 Å². The number of nitrogens with one attached hydrogen (secondary N) is 1. The first kappa shape index (κ1) is 19.8. The maximum atomic E-state index is 12.7. The van der Waals surface area contributed by atoms with Gasteiger partial charge in [0.1, 0.15) is 0 Å². The molecule has 1 unspecified atom stereocenters. The van der Waals surface area contributed by atoms with E-state index < -0.39 is 17.6 Å². The number of rotatable bonds is 8. The summed E-state index contributed by atoms with van der Waals surface area (Å²) in [6.45, 7) is 4.58. The van der Waals surface area contributed by atoms with E-state index in [1.807, 2.05) is 19.9 Å². The number of nitriles is 1. The highest BCUT2D eigenvalue weighted by molar-refractivity contribution is 6.12. The lowest BCUT2D eigenvalue weighted by atomic mass is 9.93. The van der Waals surface area contributed by atoms with Gasteiger partial charge >= 0.3 is 0 Å². The van der Waals surface area contributed by atoms with Gasteiger partial charge in [-0.05, 0) is 44.9 Å². The molecule has 2 rings (SSSR count). The molecule has 0 bridgehead atoms. The fraction of sp³-hybridized carbons (Fsp3) is 0.550. The van der Waals surface area contributed by atoms with Crippen LogP contribution in [0.5, 0.6) is 11.5 Å². The van der Waals surface area contributed by atoms with Crippen molar-refractivity contribution in [3.05, 3.63) is 23.8 Å². The topological polar surface area (TPSA) is 88.4 Å². The molecular formula is C20H26N2O4. The van der Waals surface area contributed by atoms with Crippen LogP contribution in [-0.2, 0) is 4.79 Å². The number of hydrogen-bond acceptors (Lipinski definition) is 5. The molecule has 0 aliphatic heterocycles. The fourth-order valence-corrected chi connectivity index (χ4v) is 3.14. The summed E-state index contributed by atoms with van der Waals surface area (Å²) in [7, 11) is 0. The minimum absolute atomic E-state index is 0.0548. The van der Waals surface area contributed by atoms with Gasteiger partial charge in [0.2, 0.25) is 5.91 Å². The van der Waals surface area contributed by atoms with Gasteiger partial charge in [-0.2, -0.15) is 5.26 Å². The molecule has 1 aliphatic carbocycles. The predicted octanol–water partition coefficient (Wildman–Crippen LogP) is 3.26. The van der Waals surface area contributed by atoms with E-state index in [2.05, 4.69) is 5.32 Å². The zero-order valence-corrected chi connectivity index (χ0v) is 15.4. The maximum Gasteiger partial charge on any atom is 0.245 e. The van der Waals surface area contributed by atoms with E-state index in [0.717, 1.165) is 25.7 Å². The first-order chi connectivity index (χ1) is 12.6. The van der Waals surface area contributed by atoms with Crippen LogP contribution in [0.15, 0.2) is 18.2 Å². The summed E-state index contributed by atoms with van der Waals surface area (Å²) in [5.74, 6) is -1.43. The molecule has 1 saturated carbocycles. The summed E-state index contributed by atoms with van der Waals surface area (Å²) in [4.78, 5) is 25.1. The van der Waals surface area contributed by atoms with Crippen molar-refractivity contribution in [3.63, 3.8) is 0 Å². The summed E-state index contributed by atoms with van der Waals surface area (Å²) < 4.78 is 11.0. The fourth-order valence-electron chi connectivity index (χ4n) is 3.14. The lowest BCUT2D eigenvalue weighted by molar-refractivity contribution is -0.123. The third-order valence-corrected chi connectivity index (χ3v) is 4.43. The largest absolute Gasteiger partial charge is 0.490 e. The van der Waals surface area contributed by atoms with Crippen molar-refractivity contribution in [2.45, 2.75) is 52.0 Å². The molecule has 0 saturated heterocycles. The molecule has 26 heavy (non-hydrogen) atoms. The number of amides is 1. The zero-order chi connectivity index (χ0) is 18.9. The van der Waals surface area contributed by atoms with E-state index in [1.165, 1.54) is 12.5 Å². The van der Waals surface area contributed by atoms with Crippen LogP contribution in [0.4, 0.5) is 0 Å². The van der Waals surface area contributed by atoms with Crippen molar-refractivity contribution in [3.8, 4) is 17.6 Å². The van der Waals surface area contributed by atoms with Crippen LogP contribution in [-0.4, -0.2) is 30.9 Å². The normalized spacial score (nSPS) is 15.6. The molecule has 1 aromatic carbocycles. The second-order valence-corrected chi connectivity index (χ2v) is 6.30.